The summed E-state index contributed by atoms with van der Waals surface area (Å²) in [7, 11) is 1.56. The fraction of sp³-hybridized carbons (Fsp3) is 0.467. The minimum atomic E-state index is -0.621. The molecule has 0 spiro atoms. The number of nitrogens with zero attached hydrogens (tertiary/aromatic N) is 1. The third-order valence-electron chi connectivity index (χ3n) is 2.54. The van der Waals surface area contributed by atoms with Gasteiger partial charge in [-0.05, 0) is 52.0 Å². The fourth-order valence-electron chi connectivity index (χ4n) is 1.62. The highest BCUT2D eigenvalue weighted by Crippen LogP contribution is 2.23. The molecular formula is C15H21NO4. The van der Waals surface area contributed by atoms with Gasteiger partial charge in [0, 0.05) is 5.69 Å². The Bertz CT molecular complexity index is 462. The summed E-state index contributed by atoms with van der Waals surface area (Å²) < 4.78 is 10.4. The van der Waals surface area contributed by atoms with Gasteiger partial charge in [-0.25, -0.2) is 4.79 Å². The van der Waals surface area contributed by atoms with Crippen LogP contribution in [0.4, 0.5) is 10.5 Å². The summed E-state index contributed by atoms with van der Waals surface area (Å²) in [5, 5.41) is 0. The molecule has 0 aromatic heterocycles. The molecule has 0 saturated carbocycles. The minimum Gasteiger partial charge on any atom is -0.497 e. The van der Waals surface area contributed by atoms with Crippen molar-refractivity contribution in [1.82, 2.24) is 0 Å². The molecular weight excluding hydrogens is 258 g/mol. The smallest absolute Gasteiger partial charge is 0.415 e. The summed E-state index contributed by atoms with van der Waals surface area (Å²) >= 11 is 0. The van der Waals surface area contributed by atoms with E-state index in [0.717, 1.165) is 0 Å². The van der Waals surface area contributed by atoms with Gasteiger partial charge in [0.1, 0.15) is 17.6 Å². The van der Waals surface area contributed by atoms with Gasteiger partial charge in [0.05, 0.1) is 13.2 Å². The first-order valence-corrected chi connectivity index (χ1v) is 6.40. The minimum absolute atomic E-state index is 0.553. The van der Waals surface area contributed by atoms with Crippen molar-refractivity contribution in [2.24, 2.45) is 0 Å². The van der Waals surface area contributed by atoms with Gasteiger partial charge >= 0.3 is 6.09 Å². The Morgan fingerprint density at radius 3 is 2.20 bits per heavy atom. The Morgan fingerprint density at radius 1 is 1.25 bits per heavy atom. The molecule has 1 aromatic carbocycles. The van der Waals surface area contributed by atoms with Crippen LogP contribution in [-0.4, -0.2) is 31.1 Å². The highest BCUT2D eigenvalue weighted by Gasteiger charge is 2.27. The second-order valence-electron chi connectivity index (χ2n) is 5.43. The summed E-state index contributed by atoms with van der Waals surface area (Å²) in [5.74, 6) is 0.677. The maximum absolute atomic E-state index is 12.2. The molecule has 0 saturated heterocycles. The van der Waals surface area contributed by atoms with E-state index in [-0.39, 0.29) is 0 Å². The molecule has 0 N–H and O–H groups in total. The van der Waals surface area contributed by atoms with E-state index in [1.54, 1.807) is 59.1 Å². The average Bonchev–Trinajstić information content (AvgIpc) is 2.37. The Morgan fingerprint density at radius 2 is 1.80 bits per heavy atom. The lowest BCUT2D eigenvalue weighted by atomic mass is 10.2. The maximum atomic E-state index is 12.2. The number of benzene rings is 1. The predicted molar refractivity (Wildman–Crippen MR) is 77.2 cm³/mol. The van der Waals surface area contributed by atoms with Crippen LogP contribution in [0.5, 0.6) is 5.75 Å². The van der Waals surface area contributed by atoms with Crippen molar-refractivity contribution in [1.29, 1.82) is 0 Å². The molecule has 1 aromatic rings. The number of carbonyl (C=O) groups excluding carboxylic acids is 2. The molecule has 0 radical (unpaired) electrons. The monoisotopic (exact) mass is 279 g/mol. The van der Waals surface area contributed by atoms with Crippen LogP contribution in [0.15, 0.2) is 24.3 Å². The first-order chi connectivity index (χ1) is 9.28. The van der Waals surface area contributed by atoms with Gasteiger partial charge in [0.15, 0.2) is 0 Å². The first kappa shape index (κ1) is 16.0. The van der Waals surface area contributed by atoms with Crippen molar-refractivity contribution in [3.05, 3.63) is 24.3 Å². The van der Waals surface area contributed by atoms with Crippen LogP contribution in [0, 0.1) is 0 Å². The largest absolute Gasteiger partial charge is 0.497 e. The van der Waals surface area contributed by atoms with Crippen LogP contribution in [0.2, 0.25) is 0 Å². The fourth-order valence-corrected chi connectivity index (χ4v) is 1.62. The third kappa shape index (κ3) is 4.26. The van der Waals surface area contributed by atoms with Crippen LogP contribution in [-0.2, 0) is 9.53 Å². The standard InChI is InChI=1S/C15H21NO4/c1-11(10-17)16(14(18)20-15(2,3)4)12-6-8-13(19-5)9-7-12/h6-11H,1-5H3/t11-/m0/s1. The molecule has 0 heterocycles. The first-order valence-electron chi connectivity index (χ1n) is 6.40. The third-order valence-corrected chi connectivity index (χ3v) is 2.54. The molecule has 1 amide bonds. The number of anilines is 1. The summed E-state index contributed by atoms with van der Waals surface area (Å²) in [4.78, 5) is 24.6. The summed E-state index contributed by atoms with van der Waals surface area (Å²) in [6.07, 6.45) is 0.149. The molecule has 5 heteroatoms. The quantitative estimate of drug-likeness (QED) is 0.795. The molecule has 0 unspecified atom stereocenters. The van der Waals surface area contributed by atoms with E-state index in [4.69, 9.17) is 9.47 Å². The van der Waals surface area contributed by atoms with Crippen molar-refractivity contribution in [3.63, 3.8) is 0 Å². The highest BCUT2D eigenvalue weighted by molar-refractivity contribution is 5.92. The molecule has 5 nitrogen and oxygen atoms in total. The van der Waals surface area contributed by atoms with E-state index in [1.807, 2.05) is 0 Å². The number of carbonyl (C=O) groups is 2. The van der Waals surface area contributed by atoms with Gasteiger partial charge in [-0.1, -0.05) is 0 Å². The van der Waals surface area contributed by atoms with E-state index in [1.165, 1.54) is 4.90 Å². The molecule has 0 aliphatic rings. The molecule has 1 rings (SSSR count). The van der Waals surface area contributed by atoms with Gasteiger partial charge < -0.3 is 14.3 Å². The lowest BCUT2D eigenvalue weighted by Gasteiger charge is -2.29. The molecule has 20 heavy (non-hydrogen) atoms. The Labute approximate surface area is 119 Å². The number of hydrogen-bond acceptors (Lipinski definition) is 4. The van der Waals surface area contributed by atoms with E-state index in [0.29, 0.717) is 17.7 Å². The highest BCUT2D eigenvalue weighted by atomic mass is 16.6. The van der Waals surface area contributed by atoms with Gasteiger partial charge in [-0.2, -0.15) is 0 Å². The second kappa shape index (κ2) is 6.41. The number of rotatable bonds is 4. The number of aldehydes is 1. The number of methoxy groups -OCH3 is 1. The van der Waals surface area contributed by atoms with Crippen LogP contribution >= 0.6 is 0 Å². The van der Waals surface area contributed by atoms with Crippen LogP contribution in [0.1, 0.15) is 27.7 Å². The zero-order valence-electron chi connectivity index (χ0n) is 12.5. The number of ether oxygens (including phenoxy) is 2. The summed E-state index contributed by atoms with van der Waals surface area (Å²) in [6.45, 7) is 6.98. The SMILES string of the molecule is COc1ccc(N(C(=O)OC(C)(C)C)[C@@H](C)C=O)cc1. The predicted octanol–water partition coefficient (Wildman–Crippen LogP) is 3.02. The van der Waals surface area contributed by atoms with Gasteiger partial charge in [0.25, 0.3) is 0 Å². The number of amides is 1. The number of hydrogen-bond donors (Lipinski definition) is 0. The second-order valence-corrected chi connectivity index (χ2v) is 5.43. The molecule has 110 valence electrons. The van der Waals surface area contributed by atoms with Crippen molar-refractivity contribution in [3.8, 4) is 5.75 Å². The van der Waals surface area contributed by atoms with E-state index >= 15 is 0 Å². The van der Waals surface area contributed by atoms with Gasteiger partial charge in [-0.3, -0.25) is 4.90 Å². The van der Waals surface area contributed by atoms with Crippen LogP contribution in [0.3, 0.4) is 0 Å². The van der Waals surface area contributed by atoms with E-state index in [2.05, 4.69) is 0 Å². The van der Waals surface area contributed by atoms with Gasteiger partial charge in [0.2, 0.25) is 0 Å². The van der Waals surface area contributed by atoms with E-state index in [9.17, 15) is 9.59 Å². The van der Waals surface area contributed by atoms with Crippen LogP contribution < -0.4 is 9.64 Å². The molecule has 1 atom stereocenters. The van der Waals surface area contributed by atoms with Crippen molar-refractivity contribution in [2.45, 2.75) is 39.3 Å². The Kier molecular flexibility index (Phi) is 5.13. The summed E-state index contributed by atoms with van der Waals surface area (Å²) in [5.41, 5.74) is -0.0376. The normalized spacial score (nSPS) is 12.4. The van der Waals surface area contributed by atoms with Crippen LogP contribution in [0.25, 0.3) is 0 Å². The Hall–Kier alpha value is -2.04. The van der Waals surface area contributed by atoms with Crippen molar-refractivity contribution in [2.75, 3.05) is 12.0 Å². The van der Waals surface area contributed by atoms with Crippen molar-refractivity contribution >= 4 is 18.1 Å². The molecule has 0 aliphatic carbocycles. The average molecular weight is 279 g/mol. The van der Waals surface area contributed by atoms with E-state index < -0.39 is 17.7 Å². The topological polar surface area (TPSA) is 55.8 Å². The van der Waals surface area contributed by atoms with Gasteiger partial charge in [-0.15, -0.1) is 0 Å². The molecule has 0 fully saturated rings. The molecule has 0 bridgehead atoms. The Balaban J connectivity index is 3.05. The lowest BCUT2D eigenvalue weighted by molar-refractivity contribution is -0.108. The van der Waals surface area contributed by atoms with Crippen molar-refractivity contribution < 1.29 is 19.1 Å². The lowest BCUT2D eigenvalue weighted by Crippen LogP contribution is -2.43. The maximum Gasteiger partial charge on any atom is 0.415 e. The zero-order chi connectivity index (χ0) is 15.3. The zero-order valence-corrected chi connectivity index (χ0v) is 12.5. The summed E-state index contributed by atoms with van der Waals surface area (Å²) in [6, 6.07) is 6.26. The molecule has 0 aliphatic heterocycles.